The molecule has 1 aromatic heterocycles. The van der Waals surface area contributed by atoms with Crippen LogP contribution >= 0.6 is 11.3 Å². The molecule has 2 aromatic rings. The quantitative estimate of drug-likeness (QED) is 0.736. The molecule has 7 nitrogen and oxygen atoms in total. The number of hydrazine groups is 1. The predicted molar refractivity (Wildman–Crippen MR) is 105 cm³/mol. The molecule has 0 saturated carbocycles. The third-order valence-corrected chi connectivity index (χ3v) is 5.05. The molecule has 0 atom stereocenters. The number of hydrogen-bond acceptors (Lipinski definition) is 6. The van der Waals surface area contributed by atoms with Gasteiger partial charge in [-0.3, -0.25) is 20.4 Å². The number of aryl methyl sites for hydroxylation is 1. The average molecular weight is 391 g/mol. The molecule has 0 aliphatic rings. The zero-order valence-corrected chi connectivity index (χ0v) is 17.2. The van der Waals surface area contributed by atoms with Gasteiger partial charge in [-0.15, -0.1) is 11.3 Å². The third kappa shape index (κ3) is 5.19. The van der Waals surface area contributed by atoms with E-state index in [0.717, 1.165) is 5.01 Å². The number of carbonyl (C=O) groups excluding carboxylic acids is 2. The summed E-state index contributed by atoms with van der Waals surface area (Å²) in [4.78, 5) is 29.6. The second kappa shape index (κ2) is 8.85. The maximum atomic E-state index is 12.3. The highest BCUT2D eigenvalue weighted by atomic mass is 32.1. The first-order valence-corrected chi connectivity index (χ1v) is 9.47. The van der Waals surface area contributed by atoms with Gasteiger partial charge in [-0.05, 0) is 39.0 Å². The van der Waals surface area contributed by atoms with Crippen LogP contribution in [0.15, 0.2) is 18.2 Å². The minimum Gasteiger partial charge on any atom is -0.493 e. The van der Waals surface area contributed by atoms with E-state index < -0.39 is 11.8 Å². The number of methoxy groups -OCH3 is 1. The lowest BCUT2D eigenvalue weighted by molar-refractivity contribution is 0.0848. The molecule has 0 spiro atoms. The Bertz CT molecular complexity index is 830. The summed E-state index contributed by atoms with van der Waals surface area (Å²) >= 11 is 1.33. The van der Waals surface area contributed by atoms with Crippen LogP contribution in [0.1, 0.15) is 64.3 Å². The Morgan fingerprint density at radius 1 is 1.07 bits per heavy atom. The van der Waals surface area contributed by atoms with Gasteiger partial charge in [0.05, 0.1) is 23.9 Å². The zero-order valence-electron chi connectivity index (χ0n) is 16.4. The summed E-state index contributed by atoms with van der Waals surface area (Å²) in [6, 6.07) is 4.84. The van der Waals surface area contributed by atoms with Crippen molar-refractivity contribution in [2.75, 3.05) is 7.11 Å². The maximum absolute atomic E-state index is 12.3. The van der Waals surface area contributed by atoms with Crippen LogP contribution in [0.5, 0.6) is 11.5 Å². The van der Waals surface area contributed by atoms with Crippen LogP contribution in [0.2, 0.25) is 0 Å². The van der Waals surface area contributed by atoms with E-state index in [0.29, 0.717) is 27.6 Å². The fraction of sp³-hybridized carbons (Fsp3) is 0.421. The molecule has 0 radical (unpaired) electrons. The molecule has 2 amide bonds. The molecule has 0 bridgehead atoms. The molecule has 0 aliphatic carbocycles. The number of thiazole rings is 1. The highest BCUT2D eigenvalue weighted by Crippen LogP contribution is 2.29. The van der Waals surface area contributed by atoms with Crippen LogP contribution in [0.4, 0.5) is 0 Å². The van der Waals surface area contributed by atoms with E-state index in [1.165, 1.54) is 18.4 Å². The van der Waals surface area contributed by atoms with Crippen LogP contribution in [0.3, 0.4) is 0 Å². The zero-order chi connectivity index (χ0) is 20.1. The van der Waals surface area contributed by atoms with Gasteiger partial charge in [-0.1, -0.05) is 13.8 Å². The van der Waals surface area contributed by atoms with Crippen molar-refractivity contribution in [2.24, 2.45) is 0 Å². The van der Waals surface area contributed by atoms with Gasteiger partial charge in [-0.25, -0.2) is 4.98 Å². The molecule has 1 aromatic carbocycles. The summed E-state index contributed by atoms with van der Waals surface area (Å²) < 4.78 is 10.9. The lowest BCUT2D eigenvalue weighted by atomic mass is 10.2. The van der Waals surface area contributed by atoms with Crippen molar-refractivity contribution in [1.82, 2.24) is 15.8 Å². The molecule has 2 N–H and O–H groups in total. The predicted octanol–water partition coefficient (Wildman–Crippen LogP) is 3.45. The molecule has 146 valence electrons. The van der Waals surface area contributed by atoms with E-state index in [-0.39, 0.29) is 12.0 Å². The number of amides is 2. The van der Waals surface area contributed by atoms with Crippen molar-refractivity contribution in [3.8, 4) is 11.5 Å². The standard InChI is InChI=1S/C19H25N3O4S/c1-10(2)19-20-12(5)16(27-19)18(24)22-21-17(23)13-7-8-14(26-11(3)4)15(9-13)25-6/h7-11H,1-6H3,(H,21,23)(H,22,24). The first-order chi connectivity index (χ1) is 12.7. The van der Waals surface area contributed by atoms with Crippen molar-refractivity contribution < 1.29 is 19.1 Å². The molecule has 2 rings (SSSR count). The summed E-state index contributed by atoms with van der Waals surface area (Å²) in [5.41, 5.74) is 5.84. The van der Waals surface area contributed by atoms with E-state index in [1.54, 1.807) is 25.1 Å². The van der Waals surface area contributed by atoms with Gasteiger partial charge in [0, 0.05) is 11.5 Å². The van der Waals surface area contributed by atoms with Crippen molar-refractivity contribution in [3.63, 3.8) is 0 Å². The number of benzene rings is 1. The summed E-state index contributed by atoms with van der Waals surface area (Å²) in [5, 5.41) is 0.884. The Kier molecular flexibility index (Phi) is 6.79. The number of aromatic nitrogens is 1. The molecule has 0 fully saturated rings. The first kappa shape index (κ1) is 20.7. The van der Waals surface area contributed by atoms with Crippen LogP contribution in [-0.4, -0.2) is 30.0 Å². The number of nitrogens with zero attached hydrogens (tertiary/aromatic N) is 1. The number of hydrogen-bond donors (Lipinski definition) is 2. The topological polar surface area (TPSA) is 89.6 Å². The Morgan fingerprint density at radius 3 is 2.30 bits per heavy atom. The van der Waals surface area contributed by atoms with E-state index in [4.69, 9.17) is 9.47 Å². The van der Waals surface area contributed by atoms with Gasteiger partial charge >= 0.3 is 0 Å². The largest absolute Gasteiger partial charge is 0.493 e. The van der Waals surface area contributed by atoms with Crippen LogP contribution in [0.25, 0.3) is 0 Å². The van der Waals surface area contributed by atoms with Crippen LogP contribution in [0, 0.1) is 6.92 Å². The SMILES string of the molecule is COc1cc(C(=O)NNC(=O)c2sc(C(C)C)nc2C)ccc1OC(C)C. The van der Waals surface area contributed by atoms with Crippen molar-refractivity contribution in [2.45, 2.75) is 46.6 Å². The second-order valence-electron chi connectivity index (χ2n) is 6.56. The van der Waals surface area contributed by atoms with Gasteiger partial charge < -0.3 is 9.47 Å². The first-order valence-electron chi connectivity index (χ1n) is 8.65. The van der Waals surface area contributed by atoms with Gasteiger partial charge in [0.25, 0.3) is 11.8 Å². The number of carbonyl (C=O) groups is 2. The van der Waals surface area contributed by atoms with Gasteiger partial charge in [0.15, 0.2) is 11.5 Å². The Hall–Kier alpha value is -2.61. The van der Waals surface area contributed by atoms with E-state index in [2.05, 4.69) is 15.8 Å². The Balaban J connectivity index is 2.06. The minimum absolute atomic E-state index is 0.0174. The lowest BCUT2D eigenvalue weighted by Gasteiger charge is -2.14. The monoisotopic (exact) mass is 391 g/mol. The molecule has 0 aliphatic heterocycles. The summed E-state index contributed by atoms with van der Waals surface area (Å²) in [6.45, 7) is 9.62. The highest BCUT2D eigenvalue weighted by Gasteiger charge is 2.18. The lowest BCUT2D eigenvalue weighted by Crippen LogP contribution is -2.41. The summed E-state index contributed by atoms with van der Waals surface area (Å²) in [5.74, 6) is 0.391. The normalized spacial score (nSPS) is 10.8. The van der Waals surface area contributed by atoms with Crippen molar-refractivity contribution in [1.29, 1.82) is 0 Å². The van der Waals surface area contributed by atoms with Gasteiger partial charge in [0.1, 0.15) is 4.88 Å². The fourth-order valence-electron chi connectivity index (χ4n) is 2.28. The van der Waals surface area contributed by atoms with E-state index >= 15 is 0 Å². The Morgan fingerprint density at radius 2 is 1.74 bits per heavy atom. The number of rotatable bonds is 6. The van der Waals surface area contributed by atoms with E-state index in [9.17, 15) is 9.59 Å². The average Bonchev–Trinajstić information content (AvgIpc) is 3.01. The van der Waals surface area contributed by atoms with Crippen LogP contribution < -0.4 is 20.3 Å². The second-order valence-corrected chi connectivity index (χ2v) is 7.59. The smallest absolute Gasteiger partial charge is 0.281 e. The summed E-state index contributed by atoms with van der Waals surface area (Å²) in [7, 11) is 1.50. The van der Waals surface area contributed by atoms with Crippen LogP contribution in [-0.2, 0) is 0 Å². The maximum Gasteiger partial charge on any atom is 0.281 e. The molecular formula is C19H25N3O4S. The molecule has 27 heavy (non-hydrogen) atoms. The third-order valence-electron chi connectivity index (χ3n) is 3.59. The molecular weight excluding hydrogens is 366 g/mol. The van der Waals surface area contributed by atoms with Gasteiger partial charge in [-0.2, -0.15) is 0 Å². The fourth-order valence-corrected chi connectivity index (χ4v) is 3.24. The minimum atomic E-state index is -0.455. The number of ether oxygens (including phenoxy) is 2. The van der Waals surface area contributed by atoms with Gasteiger partial charge in [0.2, 0.25) is 0 Å². The molecule has 8 heteroatoms. The summed E-state index contributed by atoms with van der Waals surface area (Å²) in [6.07, 6.45) is -0.0174. The molecule has 0 unspecified atom stereocenters. The molecule has 0 saturated heterocycles. The number of nitrogens with one attached hydrogen (secondary N) is 2. The highest BCUT2D eigenvalue weighted by molar-refractivity contribution is 7.13. The van der Waals surface area contributed by atoms with E-state index in [1.807, 2.05) is 27.7 Å². The van der Waals surface area contributed by atoms with Crippen molar-refractivity contribution in [3.05, 3.63) is 39.3 Å². The Labute approximate surface area is 163 Å². The molecule has 1 heterocycles. The van der Waals surface area contributed by atoms with Crippen molar-refractivity contribution >= 4 is 23.2 Å².